The molecule has 1 N–H and O–H groups in total. The molecular weight excluding hydrogens is 352 g/mol. The van der Waals surface area contributed by atoms with E-state index in [1.165, 1.54) is 30.7 Å². The van der Waals surface area contributed by atoms with Gasteiger partial charge in [-0.25, -0.2) is 8.42 Å². The van der Waals surface area contributed by atoms with Gasteiger partial charge in [-0.2, -0.15) is 0 Å². The summed E-state index contributed by atoms with van der Waals surface area (Å²) in [7, 11) is -3.27. The van der Waals surface area contributed by atoms with Crippen LogP contribution in [0.1, 0.15) is 41.4 Å². The van der Waals surface area contributed by atoms with E-state index in [-0.39, 0.29) is 16.8 Å². The number of furan rings is 1. The van der Waals surface area contributed by atoms with Crippen molar-refractivity contribution in [2.45, 2.75) is 30.2 Å². The fourth-order valence-corrected chi connectivity index (χ4v) is 3.90. The SMILES string of the molecule is CS(=O)(=O)c1ccc(C(=O)NC[C@@H](c2ccco2)N2CCCCC2)cc1. The zero-order valence-electron chi connectivity index (χ0n) is 14.8. The summed E-state index contributed by atoms with van der Waals surface area (Å²) in [6, 6.07) is 9.79. The Morgan fingerprint density at radius 1 is 1.15 bits per heavy atom. The van der Waals surface area contributed by atoms with E-state index in [4.69, 9.17) is 4.42 Å². The van der Waals surface area contributed by atoms with E-state index in [0.29, 0.717) is 12.1 Å². The molecule has 1 aliphatic rings. The van der Waals surface area contributed by atoms with Gasteiger partial charge in [0.1, 0.15) is 5.76 Å². The molecule has 3 rings (SSSR count). The van der Waals surface area contributed by atoms with Gasteiger partial charge >= 0.3 is 0 Å². The summed E-state index contributed by atoms with van der Waals surface area (Å²) in [5.74, 6) is 0.623. The van der Waals surface area contributed by atoms with Crippen LogP contribution in [0.25, 0.3) is 0 Å². The Kier molecular flexibility index (Phi) is 5.78. The van der Waals surface area contributed by atoms with Crippen LogP contribution in [0.5, 0.6) is 0 Å². The molecule has 140 valence electrons. The van der Waals surface area contributed by atoms with Gasteiger partial charge in [-0.15, -0.1) is 0 Å². The highest BCUT2D eigenvalue weighted by molar-refractivity contribution is 7.90. The Hall–Kier alpha value is -2.12. The molecule has 0 radical (unpaired) electrons. The van der Waals surface area contributed by atoms with Crippen LogP contribution in [0.2, 0.25) is 0 Å². The van der Waals surface area contributed by atoms with E-state index in [2.05, 4.69) is 10.2 Å². The minimum Gasteiger partial charge on any atom is -0.468 e. The van der Waals surface area contributed by atoms with E-state index >= 15 is 0 Å². The van der Waals surface area contributed by atoms with Crippen molar-refractivity contribution < 1.29 is 17.6 Å². The Morgan fingerprint density at radius 3 is 2.42 bits per heavy atom. The van der Waals surface area contributed by atoms with Gasteiger partial charge in [0.2, 0.25) is 0 Å². The topological polar surface area (TPSA) is 79.6 Å². The molecule has 1 aromatic carbocycles. The van der Waals surface area contributed by atoms with Gasteiger partial charge in [-0.05, 0) is 62.3 Å². The van der Waals surface area contributed by atoms with E-state index in [1.807, 2.05) is 12.1 Å². The number of amides is 1. The fraction of sp³-hybridized carbons (Fsp3) is 0.421. The van der Waals surface area contributed by atoms with Gasteiger partial charge in [0.05, 0.1) is 17.2 Å². The number of nitrogens with one attached hydrogen (secondary N) is 1. The lowest BCUT2D eigenvalue weighted by Crippen LogP contribution is -2.40. The third kappa shape index (κ3) is 4.53. The smallest absolute Gasteiger partial charge is 0.251 e. The second-order valence-corrected chi connectivity index (χ2v) is 8.65. The molecule has 1 saturated heterocycles. The zero-order valence-corrected chi connectivity index (χ0v) is 15.7. The largest absolute Gasteiger partial charge is 0.468 e. The van der Waals surface area contributed by atoms with Crippen molar-refractivity contribution in [3.05, 3.63) is 54.0 Å². The van der Waals surface area contributed by atoms with Crippen LogP contribution in [0.15, 0.2) is 52.0 Å². The van der Waals surface area contributed by atoms with Crippen LogP contribution in [0.4, 0.5) is 0 Å². The third-order valence-corrected chi connectivity index (χ3v) is 5.83. The summed E-state index contributed by atoms with van der Waals surface area (Å²) in [4.78, 5) is 15.0. The first kappa shape index (κ1) is 18.7. The first-order valence-electron chi connectivity index (χ1n) is 8.81. The minimum absolute atomic E-state index is 0.00421. The molecule has 26 heavy (non-hydrogen) atoms. The lowest BCUT2D eigenvalue weighted by atomic mass is 10.1. The molecular formula is C19H24N2O4S. The number of benzene rings is 1. The van der Waals surface area contributed by atoms with Crippen molar-refractivity contribution in [2.75, 3.05) is 25.9 Å². The van der Waals surface area contributed by atoms with E-state index < -0.39 is 9.84 Å². The molecule has 6 nitrogen and oxygen atoms in total. The average Bonchev–Trinajstić information content (AvgIpc) is 3.16. The van der Waals surface area contributed by atoms with Gasteiger partial charge in [0.25, 0.3) is 5.91 Å². The molecule has 7 heteroatoms. The molecule has 0 spiro atoms. The number of rotatable bonds is 6. The van der Waals surface area contributed by atoms with Crippen LogP contribution >= 0.6 is 0 Å². The highest BCUT2D eigenvalue weighted by Crippen LogP contribution is 2.24. The lowest BCUT2D eigenvalue weighted by Gasteiger charge is -2.33. The molecule has 1 atom stereocenters. The summed E-state index contributed by atoms with van der Waals surface area (Å²) in [6.45, 7) is 2.43. The first-order chi connectivity index (χ1) is 12.4. The van der Waals surface area contributed by atoms with Gasteiger partial charge < -0.3 is 9.73 Å². The number of hydrogen-bond acceptors (Lipinski definition) is 5. The maximum absolute atomic E-state index is 12.5. The monoisotopic (exact) mass is 376 g/mol. The maximum atomic E-state index is 12.5. The highest BCUT2D eigenvalue weighted by atomic mass is 32.2. The first-order valence-corrected chi connectivity index (χ1v) is 10.7. The van der Waals surface area contributed by atoms with Crippen LogP contribution in [0, 0.1) is 0 Å². The molecule has 1 fully saturated rings. The number of piperidine rings is 1. The number of carbonyl (C=O) groups excluding carboxylic acids is 1. The lowest BCUT2D eigenvalue weighted by molar-refractivity contribution is 0.0914. The van der Waals surface area contributed by atoms with E-state index in [0.717, 1.165) is 37.9 Å². The summed E-state index contributed by atoms with van der Waals surface area (Å²) >= 11 is 0. The van der Waals surface area contributed by atoms with Crippen molar-refractivity contribution >= 4 is 15.7 Å². The number of nitrogens with zero attached hydrogens (tertiary/aromatic N) is 1. The van der Waals surface area contributed by atoms with Gasteiger partial charge in [0.15, 0.2) is 9.84 Å². The van der Waals surface area contributed by atoms with Crippen molar-refractivity contribution in [3.8, 4) is 0 Å². The summed E-state index contributed by atoms with van der Waals surface area (Å²) in [6.07, 6.45) is 6.34. The van der Waals surface area contributed by atoms with Gasteiger partial charge in [-0.3, -0.25) is 9.69 Å². The Morgan fingerprint density at radius 2 is 1.85 bits per heavy atom. The fourth-order valence-electron chi connectivity index (χ4n) is 3.27. The van der Waals surface area contributed by atoms with Gasteiger partial charge in [-0.1, -0.05) is 6.42 Å². The van der Waals surface area contributed by atoms with Gasteiger partial charge in [0, 0.05) is 18.4 Å². The minimum atomic E-state index is -3.27. The van der Waals surface area contributed by atoms with Crippen molar-refractivity contribution in [1.29, 1.82) is 0 Å². The zero-order chi connectivity index (χ0) is 18.6. The van der Waals surface area contributed by atoms with E-state index in [9.17, 15) is 13.2 Å². The van der Waals surface area contributed by atoms with Crippen molar-refractivity contribution in [1.82, 2.24) is 10.2 Å². The second kappa shape index (κ2) is 8.05. The molecule has 2 heterocycles. The van der Waals surface area contributed by atoms with Crippen molar-refractivity contribution in [2.24, 2.45) is 0 Å². The Bertz CT molecular complexity index is 823. The normalized spacial score (nSPS) is 17.0. The van der Waals surface area contributed by atoms with Crippen LogP contribution in [0.3, 0.4) is 0 Å². The second-order valence-electron chi connectivity index (χ2n) is 6.63. The summed E-state index contributed by atoms with van der Waals surface area (Å²) in [5, 5.41) is 2.95. The maximum Gasteiger partial charge on any atom is 0.251 e. The third-order valence-electron chi connectivity index (χ3n) is 4.70. The Labute approximate surface area is 154 Å². The quantitative estimate of drug-likeness (QED) is 0.838. The molecule has 0 bridgehead atoms. The molecule has 1 aliphatic heterocycles. The average molecular weight is 376 g/mol. The number of carbonyl (C=O) groups is 1. The van der Waals surface area contributed by atoms with Crippen LogP contribution < -0.4 is 5.32 Å². The van der Waals surface area contributed by atoms with E-state index in [1.54, 1.807) is 6.26 Å². The predicted molar refractivity (Wildman–Crippen MR) is 98.8 cm³/mol. The standard InChI is InChI=1S/C19H24N2O4S/c1-26(23,24)16-9-7-15(8-10-16)19(22)20-14-17(18-6-5-13-25-18)21-11-3-2-4-12-21/h5-10,13,17H,2-4,11-12,14H2,1H3,(H,20,22)/t17-/m0/s1. The molecule has 0 unspecified atom stereocenters. The number of likely N-dealkylation sites (tertiary alicyclic amines) is 1. The molecule has 0 aliphatic carbocycles. The summed E-state index contributed by atoms with van der Waals surface area (Å²) < 4.78 is 28.6. The van der Waals surface area contributed by atoms with Crippen LogP contribution in [-0.2, 0) is 9.84 Å². The molecule has 0 saturated carbocycles. The Balaban J connectivity index is 1.67. The highest BCUT2D eigenvalue weighted by Gasteiger charge is 2.25. The number of sulfone groups is 1. The van der Waals surface area contributed by atoms with Crippen LogP contribution in [-0.4, -0.2) is 45.1 Å². The molecule has 1 aromatic heterocycles. The summed E-state index contributed by atoms with van der Waals surface area (Å²) in [5.41, 5.74) is 0.439. The molecule has 2 aromatic rings. The predicted octanol–water partition coefficient (Wildman–Crippen LogP) is 2.64. The van der Waals surface area contributed by atoms with Crippen molar-refractivity contribution in [3.63, 3.8) is 0 Å². The molecule has 1 amide bonds. The number of hydrogen-bond donors (Lipinski definition) is 1.